The first-order valence-electron chi connectivity index (χ1n) is 7.33. The lowest BCUT2D eigenvalue weighted by Crippen LogP contribution is -2.20. The van der Waals surface area contributed by atoms with Gasteiger partial charge in [0.1, 0.15) is 0 Å². The van der Waals surface area contributed by atoms with Crippen LogP contribution in [0.25, 0.3) is 0 Å². The molecule has 0 unspecified atom stereocenters. The molecule has 0 aliphatic rings. The summed E-state index contributed by atoms with van der Waals surface area (Å²) in [6, 6.07) is 0. The van der Waals surface area contributed by atoms with Crippen LogP contribution >= 0.6 is 0 Å². The third-order valence-electron chi connectivity index (χ3n) is 2.94. The van der Waals surface area contributed by atoms with Gasteiger partial charge in [0, 0.05) is 0 Å². The van der Waals surface area contributed by atoms with E-state index in [1.165, 1.54) is 58.0 Å². The summed E-state index contributed by atoms with van der Waals surface area (Å²) in [5.74, 6) is 1.68. The minimum Gasteiger partial charge on any atom is -0.316 e. The van der Waals surface area contributed by atoms with Crippen LogP contribution < -0.4 is 5.32 Å². The van der Waals surface area contributed by atoms with Gasteiger partial charge < -0.3 is 5.32 Å². The highest BCUT2D eigenvalue weighted by Gasteiger charge is 1.95. The molecule has 0 aliphatic heterocycles. The van der Waals surface area contributed by atoms with Crippen molar-refractivity contribution < 1.29 is 0 Å². The lowest BCUT2D eigenvalue weighted by molar-refractivity contribution is 0.499. The van der Waals surface area contributed by atoms with Gasteiger partial charge in [-0.2, -0.15) is 0 Å². The molecule has 0 rings (SSSR count). The fraction of sp³-hybridized carbons (Fsp3) is 1.00. The quantitative estimate of drug-likeness (QED) is 0.508. The topological polar surface area (TPSA) is 12.0 Å². The molecule has 0 aromatic carbocycles. The zero-order chi connectivity index (χ0) is 12.2. The fourth-order valence-electron chi connectivity index (χ4n) is 1.90. The van der Waals surface area contributed by atoms with Crippen molar-refractivity contribution in [1.29, 1.82) is 0 Å². The molecule has 0 amide bonds. The maximum atomic E-state index is 3.50. The van der Waals surface area contributed by atoms with Crippen LogP contribution in [0.2, 0.25) is 0 Å². The third kappa shape index (κ3) is 14.0. The number of nitrogens with one attached hydrogen (secondary N) is 1. The van der Waals surface area contributed by atoms with E-state index in [1.54, 1.807) is 0 Å². The highest BCUT2D eigenvalue weighted by molar-refractivity contribution is 4.53. The average Bonchev–Trinajstić information content (AvgIpc) is 2.20. The molecule has 0 aromatic heterocycles. The van der Waals surface area contributed by atoms with E-state index in [0.717, 1.165) is 11.8 Å². The Labute approximate surface area is 103 Å². The van der Waals surface area contributed by atoms with Crippen molar-refractivity contribution in [1.82, 2.24) is 5.32 Å². The van der Waals surface area contributed by atoms with Gasteiger partial charge in [0.15, 0.2) is 0 Å². The van der Waals surface area contributed by atoms with Gasteiger partial charge in [-0.15, -0.1) is 0 Å². The summed E-state index contributed by atoms with van der Waals surface area (Å²) in [5.41, 5.74) is 0. The van der Waals surface area contributed by atoms with Crippen LogP contribution in [0.4, 0.5) is 0 Å². The van der Waals surface area contributed by atoms with Crippen LogP contribution in [-0.2, 0) is 0 Å². The highest BCUT2D eigenvalue weighted by atomic mass is 14.8. The number of unbranched alkanes of at least 4 members (excludes halogenated alkanes) is 5. The molecular formula is C15H33N. The molecule has 1 heteroatoms. The maximum absolute atomic E-state index is 3.50. The largest absolute Gasteiger partial charge is 0.316 e. The van der Waals surface area contributed by atoms with E-state index >= 15 is 0 Å². The summed E-state index contributed by atoms with van der Waals surface area (Å²) in [6.45, 7) is 11.6. The van der Waals surface area contributed by atoms with E-state index in [0.29, 0.717) is 0 Å². The van der Waals surface area contributed by atoms with Crippen molar-refractivity contribution in [3.8, 4) is 0 Å². The van der Waals surface area contributed by atoms with Gasteiger partial charge in [0.25, 0.3) is 0 Å². The summed E-state index contributed by atoms with van der Waals surface area (Å²) in [5, 5.41) is 3.50. The van der Waals surface area contributed by atoms with Gasteiger partial charge in [0.2, 0.25) is 0 Å². The first-order valence-corrected chi connectivity index (χ1v) is 7.33. The summed E-state index contributed by atoms with van der Waals surface area (Å²) < 4.78 is 0. The van der Waals surface area contributed by atoms with Gasteiger partial charge in [-0.3, -0.25) is 0 Å². The molecule has 0 aliphatic carbocycles. The van der Waals surface area contributed by atoms with E-state index in [1.807, 2.05) is 0 Å². The minimum absolute atomic E-state index is 0.788. The zero-order valence-corrected chi connectivity index (χ0v) is 12.0. The zero-order valence-electron chi connectivity index (χ0n) is 12.0. The maximum Gasteiger partial charge on any atom is -0.00258 e. The van der Waals surface area contributed by atoms with E-state index in [-0.39, 0.29) is 0 Å². The van der Waals surface area contributed by atoms with Crippen molar-refractivity contribution in [3.05, 3.63) is 0 Å². The SMILES string of the molecule is CC(C)CCCCCCCCNCC(C)C. The molecule has 16 heavy (non-hydrogen) atoms. The summed E-state index contributed by atoms with van der Waals surface area (Å²) in [4.78, 5) is 0. The van der Waals surface area contributed by atoms with Gasteiger partial charge in [-0.25, -0.2) is 0 Å². The second kappa shape index (κ2) is 11.4. The number of hydrogen-bond acceptors (Lipinski definition) is 1. The molecule has 0 heterocycles. The first kappa shape index (κ1) is 16.0. The number of hydrogen-bond donors (Lipinski definition) is 1. The Kier molecular flexibility index (Phi) is 11.4. The molecule has 0 atom stereocenters. The normalized spacial score (nSPS) is 11.6. The predicted molar refractivity (Wildman–Crippen MR) is 74.9 cm³/mol. The Hall–Kier alpha value is -0.0400. The molecule has 1 nitrogen and oxygen atoms in total. The Balaban J connectivity index is 2.93. The van der Waals surface area contributed by atoms with E-state index in [2.05, 4.69) is 33.0 Å². The molecule has 0 saturated carbocycles. The molecule has 1 N–H and O–H groups in total. The van der Waals surface area contributed by atoms with Gasteiger partial charge in [-0.05, 0) is 31.3 Å². The van der Waals surface area contributed by atoms with E-state index in [9.17, 15) is 0 Å². The second-order valence-electron chi connectivity index (χ2n) is 5.90. The molecule has 0 aromatic rings. The standard InChI is InChI=1S/C15H33N/c1-14(2)11-9-7-5-6-8-10-12-16-13-15(3)4/h14-16H,5-13H2,1-4H3. The van der Waals surface area contributed by atoms with Gasteiger partial charge in [0.05, 0.1) is 0 Å². The lowest BCUT2D eigenvalue weighted by atomic mass is 10.0. The van der Waals surface area contributed by atoms with E-state index < -0.39 is 0 Å². The highest BCUT2D eigenvalue weighted by Crippen LogP contribution is 2.10. The molecule has 0 bridgehead atoms. The van der Waals surface area contributed by atoms with Crippen molar-refractivity contribution in [2.24, 2.45) is 11.8 Å². The summed E-state index contributed by atoms with van der Waals surface area (Å²) in [6.07, 6.45) is 9.93. The van der Waals surface area contributed by atoms with Crippen LogP contribution in [0.5, 0.6) is 0 Å². The summed E-state index contributed by atoms with van der Waals surface area (Å²) >= 11 is 0. The molecule has 98 valence electrons. The smallest absolute Gasteiger partial charge is 0.00258 e. The Bertz CT molecular complexity index is 113. The predicted octanol–water partition coefficient (Wildman–Crippen LogP) is 4.62. The molecule has 0 spiro atoms. The minimum atomic E-state index is 0.788. The molecule has 0 radical (unpaired) electrons. The van der Waals surface area contributed by atoms with Crippen molar-refractivity contribution in [3.63, 3.8) is 0 Å². The van der Waals surface area contributed by atoms with Gasteiger partial charge in [-0.1, -0.05) is 66.2 Å². The number of rotatable bonds is 11. The molecule has 0 saturated heterocycles. The van der Waals surface area contributed by atoms with Crippen molar-refractivity contribution >= 4 is 0 Å². The second-order valence-corrected chi connectivity index (χ2v) is 5.90. The monoisotopic (exact) mass is 227 g/mol. The van der Waals surface area contributed by atoms with Crippen molar-refractivity contribution in [2.45, 2.75) is 72.6 Å². The Morgan fingerprint density at radius 1 is 0.688 bits per heavy atom. The van der Waals surface area contributed by atoms with Crippen LogP contribution in [0.15, 0.2) is 0 Å². The van der Waals surface area contributed by atoms with Crippen LogP contribution in [-0.4, -0.2) is 13.1 Å². The fourth-order valence-corrected chi connectivity index (χ4v) is 1.90. The Morgan fingerprint density at radius 2 is 1.25 bits per heavy atom. The first-order chi connectivity index (χ1) is 7.63. The van der Waals surface area contributed by atoms with Crippen LogP contribution in [0.1, 0.15) is 72.6 Å². The molecular weight excluding hydrogens is 194 g/mol. The third-order valence-corrected chi connectivity index (χ3v) is 2.94. The molecule has 0 fully saturated rings. The van der Waals surface area contributed by atoms with Crippen LogP contribution in [0.3, 0.4) is 0 Å². The average molecular weight is 227 g/mol. The lowest BCUT2D eigenvalue weighted by Gasteiger charge is -2.07. The Morgan fingerprint density at radius 3 is 1.81 bits per heavy atom. The van der Waals surface area contributed by atoms with Crippen molar-refractivity contribution in [2.75, 3.05) is 13.1 Å². The van der Waals surface area contributed by atoms with Gasteiger partial charge >= 0.3 is 0 Å². The van der Waals surface area contributed by atoms with Crippen LogP contribution in [0, 0.1) is 11.8 Å². The summed E-state index contributed by atoms with van der Waals surface area (Å²) in [7, 11) is 0. The van der Waals surface area contributed by atoms with E-state index in [4.69, 9.17) is 0 Å².